The number of nitrogens with zero attached hydrogens (tertiary/aromatic N) is 2. The summed E-state index contributed by atoms with van der Waals surface area (Å²) in [5.41, 5.74) is 3.79. The van der Waals surface area contributed by atoms with Gasteiger partial charge in [0.15, 0.2) is 0 Å². The summed E-state index contributed by atoms with van der Waals surface area (Å²) in [4.78, 5) is 16.3. The summed E-state index contributed by atoms with van der Waals surface area (Å²) >= 11 is 0. The Labute approximate surface area is 141 Å². The van der Waals surface area contributed by atoms with Crippen LogP contribution in [-0.4, -0.2) is 27.4 Å². The fourth-order valence-corrected chi connectivity index (χ4v) is 3.20. The Hall–Kier alpha value is -1.98. The van der Waals surface area contributed by atoms with E-state index in [-0.39, 0.29) is 24.8 Å². The smallest absolute Gasteiger partial charge is 0.256 e. The number of hydrogen-bond acceptors (Lipinski definition) is 4. The lowest BCUT2D eigenvalue weighted by atomic mass is 9.89. The van der Waals surface area contributed by atoms with Gasteiger partial charge in [-0.05, 0) is 44.2 Å². The standard InChI is InChI=1S/C19H24N2O3/c1-13-14(2)20-12-21(19(13)23)10-16(22)11-24-18-9-5-7-15-6-3-4-8-17(15)18/h3-4,6,8,12,16,18,22H,5,7,9-11H2,1-2H3/t16-,18+/m1/s1. The van der Waals surface area contributed by atoms with Crippen molar-refractivity contribution in [2.45, 2.75) is 51.9 Å². The molecule has 128 valence electrons. The first-order chi connectivity index (χ1) is 11.6. The van der Waals surface area contributed by atoms with Crippen LogP contribution in [0, 0.1) is 13.8 Å². The molecule has 5 nitrogen and oxygen atoms in total. The highest BCUT2D eigenvalue weighted by atomic mass is 16.5. The van der Waals surface area contributed by atoms with Crippen molar-refractivity contribution in [3.05, 3.63) is 63.3 Å². The number of ether oxygens (including phenoxy) is 1. The molecule has 0 fully saturated rings. The molecule has 1 heterocycles. The topological polar surface area (TPSA) is 64.3 Å². The Morgan fingerprint density at radius 2 is 2.17 bits per heavy atom. The van der Waals surface area contributed by atoms with E-state index < -0.39 is 6.10 Å². The van der Waals surface area contributed by atoms with Gasteiger partial charge in [-0.3, -0.25) is 9.36 Å². The lowest BCUT2D eigenvalue weighted by Gasteiger charge is -2.26. The predicted octanol–water partition coefficient (Wildman–Crippen LogP) is 2.32. The normalized spacial score (nSPS) is 18.2. The summed E-state index contributed by atoms with van der Waals surface area (Å²) in [6.07, 6.45) is 3.93. The molecule has 1 aliphatic rings. The van der Waals surface area contributed by atoms with Gasteiger partial charge in [0.2, 0.25) is 0 Å². The number of rotatable bonds is 5. The molecular formula is C19H24N2O3. The molecule has 2 atom stereocenters. The second-order valence-electron chi connectivity index (χ2n) is 6.48. The molecule has 0 unspecified atom stereocenters. The fourth-order valence-electron chi connectivity index (χ4n) is 3.20. The minimum atomic E-state index is -0.735. The highest BCUT2D eigenvalue weighted by Crippen LogP contribution is 2.32. The van der Waals surface area contributed by atoms with Gasteiger partial charge in [0.25, 0.3) is 5.56 Å². The van der Waals surface area contributed by atoms with Gasteiger partial charge in [-0.2, -0.15) is 0 Å². The molecule has 0 saturated heterocycles. The summed E-state index contributed by atoms with van der Waals surface area (Å²) in [7, 11) is 0. The van der Waals surface area contributed by atoms with Crippen molar-refractivity contribution < 1.29 is 9.84 Å². The molecular weight excluding hydrogens is 304 g/mol. The zero-order chi connectivity index (χ0) is 17.1. The summed E-state index contributed by atoms with van der Waals surface area (Å²) < 4.78 is 7.40. The zero-order valence-electron chi connectivity index (χ0n) is 14.2. The van der Waals surface area contributed by atoms with Gasteiger partial charge in [0, 0.05) is 11.3 Å². The van der Waals surface area contributed by atoms with E-state index in [0.717, 1.165) is 25.0 Å². The summed E-state index contributed by atoms with van der Waals surface area (Å²) in [6.45, 7) is 3.96. The SMILES string of the molecule is Cc1ncn(C[C@@H](O)CO[C@H]2CCCc3ccccc32)c(=O)c1C. The molecule has 1 aromatic carbocycles. The minimum absolute atomic E-state index is 0.0270. The van der Waals surface area contributed by atoms with Crippen LogP contribution in [0.5, 0.6) is 0 Å². The van der Waals surface area contributed by atoms with E-state index in [0.29, 0.717) is 5.56 Å². The molecule has 0 saturated carbocycles. The highest BCUT2D eigenvalue weighted by molar-refractivity contribution is 5.31. The van der Waals surface area contributed by atoms with E-state index in [9.17, 15) is 9.90 Å². The van der Waals surface area contributed by atoms with Crippen molar-refractivity contribution in [1.82, 2.24) is 9.55 Å². The van der Waals surface area contributed by atoms with Gasteiger partial charge in [0.05, 0.1) is 31.7 Å². The van der Waals surface area contributed by atoms with Crippen LogP contribution in [0.25, 0.3) is 0 Å². The Balaban J connectivity index is 1.62. The Bertz CT molecular complexity index is 769. The molecule has 2 aromatic rings. The molecule has 1 N–H and O–H groups in total. The van der Waals surface area contributed by atoms with Gasteiger partial charge < -0.3 is 9.84 Å². The second-order valence-corrected chi connectivity index (χ2v) is 6.48. The van der Waals surface area contributed by atoms with Crippen LogP contribution in [0.4, 0.5) is 0 Å². The third kappa shape index (κ3) is 3.57. The Morgan fingerprint density at radius 1 is 1.38 bits per heavy atom. The maximum absolute atomic E-state index is 12.2. The van der Waals surface area contributed by atoms with Gasteiger partial charge in [-0.25, -0.2) is 4.98 Å². The van der Waals surface area contributed by atoms with Gasteiger partial charge in [0.1, 0.15) is 0 Å². The summed E-state index contributed by atoms with van der Waals surface area (Å²) in [5, 5.41) is 10.3. The first kappa shape index (κ1) is 16.9. The molecule has 3 rings (SSSR count). The van der Waals surface area contributed by atoms with E-state index in [1.54, 1.807) is 13.8 Å². The van der Waals surface area contributed by atoms with Crippen molar-refractivity contribution in [3.63, 3.8) is 0 Å². The Morgan fingerprint density at radius 3 is 3.00 bits per heavy atom. The summed E-state index contributed by atoms with van der Waals surface area (Å²) in [5.74, 6) is 0. The first-order valence-corrected chi connectivity index (χ1v) is 8.46. The number of aliphatic hydroxyl groups is 1. The van der Waals surface area contributed by atoms with Crippen molar-refractivity contribution in [2.75, 3.05) is 6.61 Å². The van der Waals surface area contributed by atoms with E-state index >= 15 is 0 Å². The lowest BCUT2D eigenvalue weighted by Crippen LogP contribution is -2.31. The summed E-state index contributed by atoms with van der Waals surface area (Å²) in [6, 6.07) is 8.32. The van der Waals surface area contributed by atoms with Crippen LogP contribution in [-0.2, 0) is 17.7 Å². The van der Waals surface area contributed by atoms with Crippen LogP contribution in [0.15, 0.2) is 35.4 Å². The number of aromatic nitrogens is 2. The van der Waals surface area contributed by atoms with E-state index in [1.165, 1.54) is 22.0 Å². The van der Waals surface area contributed by atoms with E-state index in [2.05, 4.69) is 23.2 Å². The average Bonchev–Trinajstić information content (AvgIpc) is 2.60. The fraction of sp³-hybridized carbons (Fsp3) is 0.474. The van der Waals surface area contributed by atoms with Crippen molar-refractivity contribution in [2.24, 2.45) is 0 Å². The monoisotopic (exact) mass is 328 g/mol. The molecule has 0 bridgehead atoms. The van der Waals surface area contributed by atoms with Crippen LogP contribution >= 0.6 is 0 Å². The number of hydrogen-bond donors (Lipinski definition) is 1. The molecule has 0 aliphatic heterocycles. The predicted molar refractivity (Wildman–Crippen MR) is 92.1 cm³/mol. The molecule has 0 radical (unpaired) electrons. The average molecular weight is 328 g/mol. The van der Waals surface area contributed by atoms with Crippen LogP contribution < -0.4 is 5.56 Å². The molecule has 24 heavy (non-hydrogen) atoms. The van der Waals surface area contributed by atoms with Crippen molar-refractivity contribution >= 4 is 0 Å². The molecule has 1 aliphatic carbocycles. The molecule has 5 heteroatoms. The third-order valence-corrected chi connectivity index (χ3v) is 4.73. The van der Waals surface area contributed by atoms with Crippen LogP contribution in [0.3, 0.4) is 0 Å². The first-order valence-electron chi connectivity index (χ1n) is 8.46. The van der Waals surface area contributed by atoms with Crippen molar-refractivity contribution in [3.8, 4) is 0 Å². The lowest BCUT2D eigenvalue weighted by molar-refractivity contribution is -0.0229. The number of benzene rings is 1. The van der Waals surface area contributed by atoms with E-state index in [4.69, 9.17) is 4.74 Å². The maximum Gasteiger partial charge on any atom is 0.256 e. The minimum Gasteiger partial charge on any atom is -0.389 e. The van der Waals surface area contributed by atoms with Gasteiger partial charge in [-0.15, -0.1) is 0 Å². The largest absolute Gasteiger partial charge is 0.389 e. The highest BCUT2D eigenvalue weighted by Gasteiger charge is 2.21. The van der Waals surface area contributed by atoms with Crippen molar-refractivity contribution in [1.29, 1.82) is 0 Å². The van der Waals surface area contributed by atoms with Gasteiger partial charge >= 0.3 is 0 Å². The number of fused-ring (bicyclic) bond motifs is 1. The second kappa shape index (κ2) is 7.28. The quantitative estimate of drug-likeness (QED) is 0.915. The third-order valence-electron chi connectivity index (χ3n) is 4.73. The zero-order valence-corrected chi connectivity index (χ0v) is 14.2. The number of aliphatic hydroxyl groups excluding tert-OH is 1. The van der Waals surface area contributed by atoms with Crippen LogP contribution in [0.1, 0.15) is 41.3 Å². The molecule has 0 amide bonds. The van der Waals surface area contributed by atoms with Gasteiger partial charge in [-0.1, -0.05) is 24.3 Å². The Kier molecular flexibility index (Phi) is 5.11. The van der Waals surface area contributed by atoms with E-state index in [1.807, 2.05) is 6.07 Å². The number of aryl methyl sites for hydroxylation is 2. The molecule has 1 aromatic heterocycles. The van der Waals surface area contributed by atoms with Crippen LogP contribution in [0.2, 0.25) is 0 Å². The maximum atomic E-state index is 12.2. The molecule has 0 spiro atoms.